The number of carbonyl (C=O) groups is 1. The van der Waals surface area contributed by atoms with Gasteiger partial charge in [0, 0.05) is 18.8 Å². The van der Waals surface area contributed by atoms with Crippen LogP contribution < -0.4 is 10.5 Å². The van der Waals surface area contributed by atoms with Crippen molar-refractivity contribution < 1.29 is 9.53 Å². The van der Waals surface area contributed by atoms with Crippen molar-refractivity contribution in [3.8, 4) is 11.8 Å². The van der Waals surface area contributed by atoms with Crippen molar-refractivity contribution >= 4 is 11.6 Å². The number of amides is 1. The van der Waals surface area contributed by atoms with Gasteiger partial charge in [-0.2, -0.15) is 5.26 Å². The monoisotopic (exact) mass is 275 g/mol. The molecule has 0 aromatic heterocycles. The molecule has 0 aliphatic carbocycles. The maximum atomic E-state index is 12.6. The number of hydrogen-bond acceptors (Lipinski definition) is 4. The molecule has 1 amide bonds. The molecule has 0 saturated carbocycles. The van der Waals surface area contributed by atoms with Crippen LogP contribution in [0.25, 0.3) is 0 Å². The topological polar surface area (TPSA) is 79.3 Å². The van der Waals surface area contributed by atoms with Crippen molar-refractivity contribution in [2.75, 3.05) is 25.4 Å². The summed E-state index contributed by atoms with van der Waals surface area (Å²) in [6.07, 6.45) is 0. The smallest absolute Gasteiger partial charge is 0.259 e. The van der Waals surface area contributed by atoms with Crippen LogP contribution >= 0.6 is 0 Å². The van der Waals surface area contributed by atoms with E-state index in [2.05, 4.69) is 6.07 Å². The van der Waals surface area contributed by atoms with Crippen molar-refractivity contribution in [3.63, 3.8) is 0 Å². The first-order valence-electron chi connectivity index (χ1n) is 6.75. The first-order chi connectivity index (χ1) is 9.54. The maximum absolute atomic E-state index is 12.6. The van der Waals surface area contributed by atoms with Crippen LogP contribution in [0.1, 0.15) is 31.1 Å². The van der Waals surface area contributed by atoms with E-state index in [0.29, 0.717) is 36.7 Å². The van der Waals surface area contributed by atoms with E-state index in [1.165, 1.54) is 0 Å². The van der Waals surface area contributed by atoms with Crippen molar-refractivity contribution in [1.29, 1.82) is 5.26 Å². The van der Waals surface area contributed by atoms with Crippen molar-refractivity contribution in [3.05, 3.63) is 23.8 Å². The van der Waals surface area contributed by atoms with E-state index in [-0.39, 0.29) is 11.8 Å². The molecule has 0 bridgehead atoms. The van der Waals surface area contributed by atoms with E-state index >= 15 is 0 Å². The van der Waals surface area contributed by atoms with Gasteiger partial charge >= 0.3 is 0 Å². The second-order valence-corrected chi connectivity index (χ2v) is 4.53. The summed E-state index contributed by atoms with van der Waals surface area (Å²) < 4.78 is 5.47. The highest BCUT2D eigenvalue weighted by Crippen LogP contribution is 2.26. The Balaban J connectivity index is 3.09. The Morgan fingerprint density at radius 3 is 2.75 bits per heavy atom. The standard InChI is InChI=1S/C15H21N3O2/c1-4-18(10-11(3)9-16)15(19)14-12(17)7-6-8-13(14)20-5-2/h6-8,11H,4-5,10,17H2,1-3H3. The Morgan fingerprint density at radius 1 is 1.50 bits per heavy atom. The van der Waals surface area contributed by atoms with E-state index in [9.17, 15) is 4.79 Å². The Kier molecular flexibility index (Phi) is 5.85. The number of nitrogen functional groups attached to an aromatic ring is 1. The molecule has 108 valence electrons. The number of carbonyl (C=O) groups excluding carboxylic acids is 1. The van der Waals surface area contributed by atoms with Crippen LogP contribution in [0.3, 0.4) is 0 Å². The zero-order valence-electron chi connectivity index (χ0n) is 12.2. The SMILES string of the molecule is CCOc1cccc(N)c1C(=O)N(CC)CC(C)C#N. The Hall–Kier alpha value is -2.22. The number of nitrogens with zero attached hydrogens (tertiary/aromatic N) is 2. The quantitative estimate of drug-likeness (QED) is 0.808. The maximum Gasteiger partial charge on any atom is 0.259 e. The van der Waals surface area contributed by atoms with E-state index in [1.807, 2.05) is 13.8 Å². The number of rotatable bonds is 6. The highest BCUT2D eigenvalue weighted by atomic mass is 16.5. The fourth-order valence-electron chi connectivity index (χ4n) is 1.94. The molecule has 5 heteroatoms. The summed E-state index contributed by atoms with van der Waals surface area (Å²) in [4.78, 5) is 14.2. The van der Waals surface area contributed by atoms with E-state index < -0.39 is 0 Å². The molecule has 1 atom stereocenters. The minimum Gasteiger partial charge on any atom is -0.493 e. The third-order valence-electron chi connectivity index (χ3n) is 2.96. The van der Waals surface area contributed by atoms with Gasteiger partial charge in [-0.05, 0) is 32.9 Å². The Bertz CT molecular complexity index is 508. The lowest BCUT2D eigenvalue weighted by atomic mass is 10.1. The van der Waals surface area contributed by atoms with Gasteiger partial charge in [0.2, 0.25) is 0 Å². The molecule has 1 rings (SSSR count). The average molecular weight is 275 g/mol. The molecule has 0 spiro atoms. The zero-order chi connectivity index (χ0) is 15.1. The molecule has 2 N–H and O–H groups in total. The first kappa shape index (κ1) is 15.8. The van der Waals surface area contributed by atoms with Crippen LogP contribution in [0.4, 0.5) is 5.69 Å². The third-order valence-corrected chi connectivity index (χ3v) is 2.96. The van der Waals surface area contributed by atoms with Gasteiger partial charge in [0.05, 0.1) is 18.6 Å². The highest BCUT2D eigenvalue weighted by Gasteiger charge is 2.22. The van der Waals surface area contributed by atoms with Gasteiger partial charge in [-0.25, -0.2) is 0 Å². The van der Waals surface area contributed by atoms with Gasteiger partial charge in [-0.15, -0.1) is 0 Å². The average Bonchev–Trinajstić information content (AvgIpc) is 2.44. The molecular weight excluding hydrogens is 254 g/mol. The van der Waals surface area contributed by atoms with Crippen molar-refractivity contribution in [1.82, 2.24) is 4.90 Å². The number of nitriles is 1. The number of benzene rings is 1. The predicted molar refractivity (Wildman–Crippen MR) is 78.4 cm³/mol. The molecule has 0 fully saturated rings. The van der Waals surface area contributed by atoms with Crippen LogP contribution in [-0.2, 0) is 0 Å². The van der Waals surface area contributed by atoms with Crippen LogP contribution in [0.2, 0.25) is 0 Å². The molecule has 1 aromatic rings. The molecule has 1 unspecified atom stereocenters. The molecule has 5 nitrogen and oxygen atoms in total. The summed E-state index contributed by atoms with van der Waals surface area (Å²) in [6.45, 7) is 6.88. The molecular formula is C15H21N3O2. The van der Waals surface area contributed by atoms with Gasteiger partial charge in [0.1, 0.15) is 11.3 Å². The lowest BCUT2D eigenvalue weighted by Gasteiger charge is -2.24. The molecule has 0 saturated heterocycles. The van der Waals surface area contributed by atoms with Gasteiger partial charge in [0.25, 0.3) is 5.91 Å². The van der Waals surface area contributed by atoms with E-state index in [0.717, 1.165) is 0 Å². The fraction of sp³-hybridized carbons (Fsp3) is 0.467. The number of ether oxygens (including phenoxy) is 1. The summed E-state index contributed by atoms with van der Waals surface area (Å²) >= 11 is 0. The van der Waals surface area contributed by atoms with Crippen molar-refractivity contribution in [2.24, 2.45) is 5.92 Å². The molecule has 0 heterocycles. The lowest BCUT2D eigenvalue weighted by molar-refractivity contribution is 0.0749. The van der Waals surface area contributed by atoms with Crippen LogP contribution in [0, 0.1) is 17.2 Å². The van der Waals surface area contributed by atoms with Crippen LogP contribution in [0.5, 0.6) is 5.75 Å². The molecule has 0 radical (unpaired) electrons. The minimum atomic E-state index is -0.223. The summed E-state index contributed by atoms with van der Waals surface area (Å²) in [5.41, 5.74) is 6.68. The number of hydrogen-bond donors (Lipinski definition) is 1. The second kappa shape index (κ2) is 7.39. The molecule has 20 heavy (non-hydrogen) atoms. The fourth-order valence-corrected chi connectivity index (χ4v) is 1.94. The second-order valence-electron chi connectivity index (χ2n) is 4.53. The summed E-state index contributed by atoms with van der Waals surface area (Å²) in [5, 5.41) is 8.89. The van der Waals surface area contributed by atoms with Gasteiger partial charge in [0.15, 0.2) is 0 Å². The molecule has 0 aliphatic rings. The van der Waals surface area contributed by atoms with E-state index in [4.69, 9.17) is 15.7 Å². The summed E-state index contributed by atoms with van der Waals surface area (Å²) in [7, 11) is 0. The number of nitrogens with two attached hydrogens (primary N) is 1. The summed E-state index contributed by atoms with van der Waals surface area (Å²) in [6, 6.07) is 7.30. The van der Waals surface area contributed by atoms with Crippen LogP contribution in [0.15, 0.2) is 18.2 Å². The normalized spacial score (nSPS) is 11.5. The third kappa shape index (κ3) is 3.64. The van der Waals surface area contributed by atoms with E-state index in [1.54, 1.807) is 30.0 Å². The summed E-state index contributed by atoms with van der Waals surface area (Å²) in [5.74, 6) is 0.0658. The van der Waals surface area contributed by atoms with Gasteiger partial charge < -0.3 is 15.4 Å². The minimum absolute atomic E-state index is 0.198. The highest BCUT2D eigenvalue weighted by molar-refractivity contribution is 6.01. The largest absolute Gasteiger partial charge is 0.493 e. The lowest BCUT2D eigenvalue weighted by Crippen LogP contribution is -2.35. The number of anilines is 1. The molecule has 0 aliphatic heterocycles. The zero-order valence-corrected chi connectivity index (χ0v) is 12.2. The van der Waals surface area contributed by atoms with Gasteiger partial charge in [-0.3, -0.25) is 4.79 Å². The first-order valence-corrected chi connectivity index (χ1v) is 6.75. The van der Waals surface area contributed by atoms with Crippen molar-refractivity contribution in [2.45, 2.75) is 20.8 Å². The van der Waals surface area contributed by atoms with Crippen LogP contribution in [-0.4, -0.2) is 30.5 Å². The predicted octanol–water partition coefficient (Wildman–Crippen LogP) is 2.29. The Morgan fingerprint density at radius 2 is 2.20 bits per heavy atom. The Labute approximate surface area is 119 Å². The molecule has 1 aromatic carbocycles. The van der Waals surface area contributed by atoms with Gasteiger partial charge in [-0.1, -0.05) is 6.07 Å².